The number of sulfonamides is 1. The molecule has 0 saturated carbocycles. The average Bonchev–Trinajstić information content (AvgIpc) is 2.36. The van der Waals surface area contributed by atoms with Gasteiger partial charge in [0.25, 0.3) is 5.91 Å². The minimum Gasteiger partial charge on any atom is -0.484 e. The van der Waals surface area contributed by atoms with Crippen LogP contribution in [0.25, 0.3) is 0 Å². The van der Waals surface area contributed by atoms with Crippen LogP contribution >= 0.6 is 15.9 Å². The van der Waals surface area contributed by atoms with Crippen LogP contribution in [0, 0.1) is 0 Å². The fourth-order valence-electron chi connectivity index (χ4n) is 1.31. The molecule has 0 radical (unpaired) electrons. The van der Waals surface area contributed by atoms with E-state index >= 15 is 0 Å². The Kier molecular flexibility index (Phi) is 6.44. The number of hydrogen-bond donors (Lipinski definition) is 1. The number of likely N-dealkylation sites (N-methyl/N-ethyl adjacent to an activating group) is 1. The molecule has 0 spiro atoms. The number of nitrogens with zero attached hydrogens (tertiary/aromatic N) is 1. The lowest BCUT2D eigenvalue weighted by molar-refractivity contribution is -0.131. The van der Waals surface area contributed by atoms with Crippen molar-refractivity contribution < 1.29 is 17.9 Å². The standard InChI is InChI=1S/C12H17BrN2O4S/c1-15(8-7-14-20(2,17)18)12(16)9-19-11-5-3-10(13)4-6-11/h3-6,14H,7-9H2,1-2H3. The zero-order chi connectivity index (χ0) is 15.2. The van der Waals surface area contributed by atoms with E-state index in [0.29, 0.717) is 5.75 Å². The second-order valence-corrected chi connectivity index (χ2v) is 6.97. The molecule has 0 heterocycles. The van der Waals surface area contributed by atoms with Gasteiger partial charge in [0.1, 0.15) is 5.75 Å². The Morgan fingerprint density at radius 3 is 2.50 bits per heavy atom. The Morgan fingerprint density at radius 1 is 1.35 bits per heavy atom. The van der Waals surface area contributed by atoms with Gasteiger partial charge in [0.15, 0.2) is 6.61 Å². The number of rotatable bonds is 7. The molecule has 0 atom stereocenters. The zero-order valence-corrected chi connectivity index (χ0v) is 13.7. The van der Waals surface area contributed by atoms with Crippen molar-refractivity contribution in [3.05, 3.63) is 28.7 Å². The second kappa shape index (κ2) is 7.61. The topological polar surface area (TPSA) is 75.7 Å². The number of carbonyl (C=O) groups is 1. The summed E-state index contributed by atoms with van der Waals surface area (Å²) in [4.78, 5) is 13.2. The van der Waals surface area contributed by atoms with Crippen LogP contribution in [0.1, 0.15) is 0 Å². The molecule has 1 aromatic rings. The van der Waals surface area contributed by atoms with Crippen molar-refractivity contribution >= 4 is 31.9 Å². The summed E-state index contributed by atoms with van der Waals surface area (Å²) in [7, 11) is -1.63. The number of ether oxygens (including phenoxy) is 1. The van der Waals surface area contributed by atoms with E-state index in [4.69, 9.17) is 4.74 Å². The van der Waals surface area contributed by atoms with Crippen LogP contribution in [0.2, 0.25) is 0 Å². The average molecular weight is 365 g/mol. The molecule has 112 valence electrons. The van der Waals surface area contributed by atoms with E-state index in [1.807, 2.05) is 12.1 Å². The summed E-state index contributed by atoms with van der Waals surface area (Å²) < 4.78 is 30.3. The van der Waals surface area contributed by atoms with Gasteiger partial charge in [0.05, 0.1) is 6.26 Å². The Bertz CT molecular complexity index is 545. The number of carbonyl (C=O) groups excluding carboxylic acids is 1. The smallest absolute Gasteiger partial charge is 0.260 e. The van der Waals surface area contributed by atoms with Gasteiger partial charge < -0.3 is 9.64 Å². The van der Waals surface area contributed by atoms with Gasteiger partial charge in [-0.15, -0.1) is 0 Å². The van der Waals surface area contributed by atoms with E-state index in [1.54, 1.807) is 19.2 Å². The third kappa shape index (κ3) is 6.88. The van der Waals surface area contributed by atoms with Gasteiger partial charge in [-0.05, 0) is 24.3 Å². The summed E-state index contributed by atoms with van der Waals surface area (Å²) in [6.45, 7) is 0.381. The molecular formula is C12H17BrN2O4S. The van der Waals surface area contributed by atoms with Crippen molar-refractivity contribution in [2.45, 2.75) is 0 Å². The molecule has 20 heavy (non-hydrogen) atoms. The lowest BCUT2D eigenvalue weighted by Gasteiger charge is -2.17. The van der Waals surface area contributed by atoms with Crippen LogP contribution < -0.4 is 9.46 Å². The Balaban J connectivity index is 2.33. The highest BCUT2D eigenvalue weighted by Gasteiger charge is 2.10. The third-order valence-electron chi connectivity index (χ3n) is 2.41. The Hall–Kier alpha value is -1.12. The van der Waals surface area contributed by atoms with Gasteiger partial charge >= 0.3 is 0 Å². The van der Waals surface area contributed by atoms with Gasteiger partial charge in [0, 0.05) is 24.6 Å². The van der Waals surface area contributed by atoms with Crippen LogP contribution in [-0.2, 0) is 14.8 Å². The minimum absolute atomic E-state index is 0.0863. The number of benzene rings is 1. The molecule has 0 aliphatic heterocycles. The molecule has 0 aliphatic carbocycles. The molecule has 0 aliphatic rings. The van der Waals surface area contributed by atoms with E-state index in [9.17, 15) is 13.2 Å². The lowest BCUT2D eigenvalue weighted by Crippen LogP contribution is -2.38. The van der Waals surface area contributed by atoms with Crippen LogP contribution in [0.3, 0.4) is 0 Å². The fraction of sp³-hybridized carbons (Fsp3) is 0.417. The lowest BCUT2D eigenvalue weighted by atomic mass is 10.3. The van der Waals surface area contributed by atoms with Crippen LogP contribution in [0.4, 0.5) is 0 Å². The van der Waals surface area contributed by atoms with Gasteiger partial charge in [-0.3, -0.25) is 4.79 Å². The maximum Gasteiger partial charge on any atom is 0.260 e. The highest BCUT2D eigenvalue weighted by molar-refractivity contribution is 9.10. The van der Waals surface area contributed by atoms with Crippen molar-refractivity contribution in [3.63, 3.8) is 0 Å². The molecule has 6 nitrogen and oxygen atoms in total. The largest absolute Gasteiger partial charge is 0.484 e. The van der Waals surface area contributed by atoms with Crippen molar-refractivity contribution in [2.75, 3.05) is 33.0 Å². The SMILES string of the molecule is CN(CCNS(C)(=O)=O)C(=O)COc1ccc(Br)cc1. The first-order chi connectivity index (χ1) is 9.28. The van der Waals surface area contributed by atoms with E-state index in [-0.39, 0.29) is 25.6 Å². The molecule has 0 aromatic heterocycles. The second-order valence-electron chi connectivity index (χ2n) is 4.22. The first kappa shape index (κ1) is 16.9. The van der Waals surface area contributed by atoms with Gasteiger partial charge in [-0.1, -0.05) is 15.9 Å². The molecule has 8 heteroatoms. The number of hydrogen-bond acceptors (Lipinski definition) is 4. The van der Waals surface area contributed by atoms with Crippen LogP contribution in [0.15, 0.2) is 28.7 Å². The quantitative estimate of drug-likeness (QED) is 0.777. The molecule has 0 bridgehead atoms. The number of halogens is 1. The Labute approximate surface area is 127 Å². The molecule has 0 saturated heterocycles. The summed E-state index contributed by atoms with van der Waals surface area (Å²) in [5.41, 5.74) is 0. The zero-order valence-electron chi connectivity index (χ0n) is 11.3. The third-order valence-corrected chi connectivity index (χ3v) is 3.67. The van der Waals surface area contributed by atoms with E-state index in [1.165, 1.54) is 4.90 Å². The van der Waals surface area contributed by atoms with Crippen LogP contribution in [-0.4, -0.2) is 52.2 Å². The number of amides is 1. The summed E-state index contributed by atoms with van der Waals surface area (Å²) in [6.07, 6.45) is 1.07. The monoisotopic (exact) mass is 364 g/mol. The maximum atomic E-state index is 11.8. The summed E-state index contributed by atoms with van der Waals surface area (Å²) in [5.74, 6) is 0.382. The molecule has 0 fully saturated rings. The molecule has 1 N–H and O–H groups in total. The summed E-state index contributed by atoms with van der Waals surface area (Å²) in [6, 6.07) is 7.14. The summed E-state index contributed by atoms with van der Waals surface area (Å²) >= 11 is 3.31. The van der Waals surface area contributed by atoms with Crippen LogP contribution in [0.5, 0.6) is 5.75 Å². The predicted molar refractivity (Wildman–Crippen MR) is 80.1 cm³/mol. The van der Waals surface area contributed by atoms with Crippen molar-refractivity contribution in [1.82, 2.24) is 9.62 Å². The molecule has 1 amide bonds. The fourth-order valence-corrected chi connectivity index (χ4v) is 2.04. The molecular weight excluding hydrogens is 348 g/mol. The molecule has 1 rings (SSSR count). The molecule has 1 aromatic carbocycles. The highest BCUT2D eigenvalue weighted by atomic mass is 79.9. The normalized spacial score (nSPS) is 11.2. The number of nitrogens with one attached hydrogen (secondary N) is 1. The minimum atomic E-state index is -3.23. The van der Waals surface area contributed by atoms with E-state index in [0.717, 1.165) is 10.7 Å². The van der Waals surface area contributed by atoms with Gasteiger partial charge in [-0.25, -0.2) is 13.1 Å². The first-order valence-corrected chi connectivity index (χ1v) is 8.53. The molecule has 0 unspecified atom stereocenters. The van der Waals surface area contributed by atoms with Crippen molar-refractivity contribution in [3.8, 4) is 5.75 Å². The highest BCUT2D eigenvalue weighted by Crippen LogP contribution is 2.15. The Morgan fingerprint density at radius 2 is 1.95 bits per heavy atom. The predicted octanol–water partition coefficient (Wildman–Crippen LogP) is 0.836. The maximum absolute atomic E-state index is 11.8. The van der Waals surface area contributed by atoms with Crippen molar-refractivity contribution in [2.24, 2.45) is 0 Å². The summed E-state index contributed by atoms with van der Waals surface area (Å²) in [5, 5.41) is 0. The van der Waals surface area contributed by atoms with Gasteiger partial charge in [-0.2, -0.15) is 0 Å². The van der Waals surface area contributed by atoms with E-state index in [2.05, 4.69) is 20.7 Å². The van der Waals surface area contributed by atoms with E-state index < -0.39 is 10.0 Å². The first-order valence-electron chi connectivity index (χ1n) is 5.85. The van der Waals surface area contributed by atoms with Gasteiger partial charge in [0.2, 0.25) is 10.0 Å². The van der Waals surface area contributed by atoms with Crippen molar-refractivity contribution in [1.29, 1.82) is 0 Å².